The van der Waals surface area contributed by atoms with Crippen molar-refractivity contribution in [1.82, 2.24) is 9.97 Å². The van der Waals surface area contributed by atoms with E-state index in [1.807, 2.05) is 6.20 Å². The van der Waals surface area contributed by atoms with Gasteiger partial charge in [0, 0.05) is 22.7 Å². The number of allylic oxidation sites excluding steroid dienone is 2. The lowest BCUT2D eigenvalue weighted by Gasteiger charge is -2.32. The van der Waals surface area contributed by atoms with Gasteiger partial charge in [-0.25, -0.2) is 4.98 Å². The molecule has 148 valence electrons. The van der Waals surface area contributed by atoms with Crippen LogP contribution in [0.2, 0.25) is 0 Å². The average Bonchev–Trinajstić information content (AvgIpc) is 2.81. The third-order valence-corrected chi connectivity index (χ3v) is 6.16. The zero-order valence-electron chi connectivity index (χ0n) is 16.6. The van der Waals surface area contributed by atoms with Gasteiger partial charge in [0.25, 0.3) is 0 Å². The minimum absolute atomic E-state index is 0.416. The van der Waals surface area contributed by atoms with Gasteiger partial charge in [0.1, 0.15) is 4.60 Å². The van der Waals surface area contributed by atoms with Crippen LogP contribution in [0.1, 0.15) is 30.9 Å². The van der Waals surface area contributed by atoms with Crippen molar-refractivity contribution in [2.24, 2.45) is 0 Å². The zero-order valence-corrected chi connectivity index (χ0v) is 18.2. The van der Waals surface area contributed by atoms with Crippen molar-refractivity contribution >= 4 is 38.1 Å². The number of fused-ring (bicyclic) bond motifs is 1. The van der Waals surface area contributed by atoms with Crippen molar-refractivity contribution in [3.8, 4) is 0 Å². The van der Waals surface area contributed by atoms with Gasteiger partial charge in [0.2, 0.25) is 0 Å². The Balaban J connectivity index is 1.54. The molecule has 1 aromatic heterocycles. The van der Waals surface area contributed by atoms with Gasteiger partial charge in [-0.05, 0) is 58.8 Å². The molecule has 0 saturated heterocycles. The Kier molecular flexibility index (Phi) is 5.33. The van der Waals surface area contributed by atoms with E-state index in [2.05, 4.69) is 110 Å². The minimum Gasteiger partial charge on any atom is -0.314 e. The van der Waals surface area contributed by atoms with Gasteiger partial charge in [0.15, 0.2) is 0 Å². The smallest absolute Gasteiger partial charge is 0.124 e. The van der Waals surface area contributed by atoms with Crippen molar-refractivity contribution in [2.45, 2.75) is 25.2 Å². The molecule has 0 saturated carbocycles. The Bertz CT molecular complexity index is 1180. The van der Waals surface area contributed by atoms with Crippen LogP contribution in [0.15, 0.2) is 102 Å². The van der Waals surface area contributed by atoms with Crippen LogP contribution in [0.25, 0.3) is 10.8 Å². The summed E-state index contributed by atoms with van der Waals surface area (Å²) in [6.07, 6.45) is 9.11. The maximum Gasteiger partial charge on any atom is 0.124 e. The second-order valence-corrected chi connectivity index (χ2v) is 8.41. The SMILES string of the molecule is Brc1cnc(C2CC=C(N(c3ccccc3)c3cccc4ccccc34)CC2)cn1. The second kappa shape index (κ2) is 8.41. The summed E-state index contributed by atoms with van der Waals surface area (Å²) in [4.78, 5) is 11.4. The Hall–Kier alpha value is -2.98. The number of halogens is 1. The number of hydrogen-bond acceptors (Lipinski definition) is 3. The molecule has 0 aliphatic heterocycles. The van der Waals surface area contributed by atoms with Gasteiger partial charge >= 0.3 is 0 Å². The third-order valence-electron chi connectivity index (χ3n) is 5.75. The molecule has 4 heteroatoms. The van der Waals surface area contributed by atoms with E-state index in [0.29, 0.717) is 5.92 Å². The molecule has 0 amide bonds. The molecule has 1 aliphatic rings. The highest BCUT2D eigenvalue weighted by atomic mass is 79.9. The van der Waals surface area contributed by atoms with Crippen LogP contribution in [0.5, 0.6) is 0 Å². The predicted molar refractivity (Wildman–Crippen MR) is 127 cm³/mol. The number of hydrogen-bond donors (Lipinski definition) is 0. The predicted octanol–water partition coefficient (Wildman–Crippen LogP) is 7.38. The van der Waals surface area contributed by atoms with Gasteiger partial charge in [-0.15, -0.1) is 0 Å². The Labute approximate surface area is 185 Å². The summed E-state index contributed by atoms with van der Waals surface area (Å²) in [5.41, 5.74) is 4.85. The molecule has 30 heavy (non-hydrogen) atoms. The molecular formula is C26H22BrN3. The average molecular weight is 456 g/mol. The molecule has 0 bridgehead atoms. The van der Waals surface area contributed by atoms with Gasteiger partial charge in [-0.2, -0.15) is 0 Å². The minimum atomic E-state index is 0.416. The van der Waals surface area contributed by atoms with E-state index in [4.69, 9.17) is 0 Å². The molecule has 1 heterocycles. The molecule has 0 N–H and O–H groups in total. The lowest BCUT2D eigenvalue weighted by molar-refractivity contribution is 0.577. The fourth-order valence-electron chi connectivity index (χ4n) is 4.27. The van der Waals surface area contributed by atoms with E-state index >= 15 is 0 Å². The van der Waals surface area contributed by atoms with E-state index in [-0.39, 0.29) is 0 Å². The summed E-state index contributed by atoms with van der Waals surface area (Å²) in [7, 11) is 0. The summed E-state index contributed by atoms with van der Waals surface area (Å²) in [5.74, 6) is 0.416. The number of nitrogens with zero attached hydrogens (tertiary/aromatic N) is 3. The summed E-state index contributed by atoms with van der Waals surface area (Å²) < 4.78 is 0.782. The second-order valence-electron chi connectivity index (χ2n) is 7.60. The first-order valence-corrected chi connectivity index (χ1v) is 11.1. The van der Waals surface area contributed by atoms with Gasteiger partial charge in [-0.3, -0.25) is 4.98 Å². The van der Waals surface area contributed by atoms with E-state index in [1.165, 1.54) is 27.8 Å². The van der Waals surface area contributed by atoms with Gasteiger partial charge in [0.05, 0.1) is 23.8 Å². The monoisotopic (exact) mass is 455 g/mol. The summed E-state index contributed by atoms with van der Waals surface area (Å²) in [6.45, 7) is 0. The molecule has 1 unspecified atom stereocenters. The van der Waals surface area contributed by atoms with Gasteiger partial charge in [-0.1, -0.05) is 60.7 Å². The van der Waals surface area contributed by atoms with Gasteiger partial charge < -0.3 is 4.90 Å². The van der Waals surface area contributed by atoms with E-state index in [1.54, 1.807) is 6.20 Å². The summed E-state index contributed by atoms with van der Waals surface area (Å²) in [5, 5.41) is 2.53. The highest BCUT2D eigenvalue weighted by Crippen LogP contribution is 2.40. The number of benzene rings is 3. The molecule has 1 aliphatic carbocycles. The van der Waals surface area contributed by atoms with E-state index < -0.39 is 0 Å². The Morgan fingerprint density at radius 1 is 0.833 bits per heavy atom. The molecule has 4 aromatic rings. The number of para-hydroxylation sites is 1. The molecule has 3 nitrogen and oxygen atoms in total. The molecule has 0 radical (unpaired) electrons. The highest BCUT2D eigenvalue weighted by molar-refractivity contribution is 9.10. The van der Waals surface area contributed by atoms with Crippen LogP contribution in [0.3, 0.4) is 0 Å². The molecule has 1 atom stereocenters. The van der Waals surface area contributed by atoms with Crippen LogP contribution in [-0.4, -0.2) is 9.97 Å². The Morgan fingerprint density at radius 2 is 1.63 bits per heavy atom. The topological polar surface area (TPSA) is 29.0 Å². The first kappa shape index (κ1) is 19.0. The molecule has 0 fully saturated rings. The molecular weight excluding hydrogens is 434 g/mol. The first-order chi connectivity index (χ1) is 14.8. The maximum absolute atomic E-state index is 4.58. The number of aromatic nitrogens is 2. The maximum atomic E-state index is 4.58. The van der Waals surface area contributed by atoms with Crippen molar-refractivity contribution in [3.63, 3.8) is 0 Å². The van der Waals surface area contributed by atoms with Crippen molar-refractivity contribution in [2.75, 3.05) is 4.90 Å². The first-order valence-electron chi connectivity index (χ1n) is 10.3. The van der Waals surface area contributed by atoms with Crippen molar-refractivity contribution in [3.05, 3.63) is 107 Å². The van der Waals surface area contributed by atoms with Crippen LogP contribution >= 0.6 is 15.9 Å². The lowest BCUT2D eigenvalue weighted by Crippen LogP contribution is -2.20. The van der Waals surface area contributed by atoms with E-state index in [0.717, 1.165) is 29.6 Å². The van der Waals surface area contributed by atoms with Crippen molar-refractivity contribution in [1.29, 1.82) is 0 Å². The van der Waals surface area contributed by atoms with Crippen molar-refractivity contribution < 1.29 is 0 Å². The van der Waals surface area contributed by atoms with Crippen LogP contribution < -0.4 is 4.90 Å². The van der Waals surface area contributed by atoms with Crippen LogP contribution in [0, 0.1) is 0 Å². The normalized spacial score (nSPS) is 16.3. The van der Waals surface area contributed by atoms with Crippen LogP contribution in [0.4, 0.5) is 11.4 Å². The largest absolute Gasteiger partial charge is 0.314 e. The fourth-order valence-corrected chi connectivity index (χ4v) is 4.47. The molecule has 0 spiro atoms. The zero-order chi connectivity index (χ0) is 20.3. The highest BCUT2D eigenvalue weighted by Gasteiger charge is 2.23. The molecule has 3 aromatic carbocycles. The third kappa shape index (κ3) is 3.75. The fraction of sp³-hybridized carbons (Fsp3) is 0.154. The standard InChI is InChI=1S/C26H22BrN3/c27-26-18-28-24(17-29-26)20-13-15-22(16-14-20)30(21-9-2-1-3-10-21)25-12-6-8-19-7-4-5-11-23(19)25/h1-12,15,17-18,20H,13-14,16H2. The van der Waals surface area contributed by atoms with Crippen LogP contribution in [-0.2, 0) is 0 Å². The lowest BCUT2D eigenvalue weighted by atomic mass is 9.89. The molecule has 5 rings (SSSR count). The number of anilines is 2. The summed E-state index contributed by atoms with van der Waals surface area (Å²) in [6, 6.07) is 25.8. The number of rotatable bonds is 4. The quantitative estimate of drug-likeness (QED) is 0.321. The van der Waals surface area contributed by atoms with E-state index in [9.17, 15) is 0 Å². The summed E-state index contributed by atoms with van der Waals surface area (Å²) >= 11 is 3.38. The Morgan fingerprint density at radius 3 is 2.40 bits per heavy atom.